The van der Waals surface area contributed by atoms with Crippen molar-refractivity contribution >= 4 is 17.9 Å². The fourth-order valence-corrected chi connectivity index (χ4v) is 7.63. The Bertz CT molecular complexity index is 1040. The van der Waals surface area contributed by atoms with E-state index < -0.39 is 18.1 Å². The molecule has 0 aliphatic rings. The van der Waals surface area contributed by atoms with Crippen molar-refractivity contribution in [3.63, 3.8) is 0 Å². The second kappa shape index (κ2) is 43.5. The zero-order valence-electron chi connectivity index (χ0n) is 40.1. The topological polar surface area (TPSA) is 102 Å². The molecule has 8 heteroatoms. The van der Waals surface area contributed by atoms with E-state index in [1.54, 1.807) is 21.1 Å². The summed E-state index contributed by atoms with van der Waals surface area (Å²) in [6.07, 6.45) is 49.2. The summed E-state index contributed by atoms with van der Waals surface area (Å²) < 4.78 is 17.2. The molecule has 0 aliphatic carbocycles. The Morgan fingerprint density at radius 1 is 0.500 bits per heavy atom. The normalized spacial score (nSPS) is 13.0. The Hall–Kier alpha value is -2.19. The summed E-state index contributed by atoms with van der Waals surface area (Å²) in [5.41, 5.74) is 0. The zero-order valence-corrected chi connectivity index (χ0v) is 40.1. The molecule has 2 atom stereocenters. The second-order valence-corrected chi connectivity index (χ2v) is 18.4. The lowest BCUT2D eigenvalue weighted by Crippen LogP contribution is -2.55. The maximum absolute atomic E-state index is 12.8. The van der Waals surface area contributed by atoms with Crippen LogP contribution in [-0.2, 0) is 28.6 Å². The molecule has 0 rings (SSSR count). The molecule has 0 saturated heterocycles. The number of hydrogen-bond acceptors (Lipinski definition) is 7. The highest BCUT2D eigenvalue weighted by Gasteiger charge is 2.25. The lowest BCUT2D eigenvalue weighted by molar-refractivity contribution is -0.889. The van der Waals surface area contributed by atoms with Gasteiger partial charge in [-0.25, -0.2) is 0 Å². The van der Waals surface area contributed by atoms with Crippen LogP contribution in [0.25, 0.3) is 0 Å². The Labute approximate surface area is 371 Å². The summed E-state index contributed by atoms with van der Waals surface area (Å²) in [6.45, 7) is 4.68. The molecule has 0 aromatic rings. The van der Waals surface area contributed by atoms with Crippen LogP contribution in [0.2, 0.25) is 0 Å². The lowest BCUT2D eigenvalue weighted by atomic mass is 10.0. The molecule has 0 spiro atoms. The number of quaternary nitrogens is 1. The van der Waals surface area contributed by atoms with Crippen molar-refractivity contribution in [2.24, 2.45) is 0 Å². The molecule has 0 aliphatic heterocycles. The second-order valence-electron chi connectivity index (χ2n) is 18.4. The lowest BCUT2D eigenvalue weighted by Gasteiger charge is -2.34. The van der Waals surface area contributed by atoms with Gasteiger partial charge in [-0.2, -0.15) is 0 Å². The summed E-state index contributed by atoms with van der Waals surface area (Å²) in [7, 11) is 5.42. The van der Waals surface area contributed by atoms with E-state index in [4.69, 9.17) is 14.2 Å². The molecule has 2 unspecified atom stereocenters. The van der Waals surface area contributed by atoms with Crippen LogP contribution in [0.3, 0.4) is 0 Å². The highest BCUT2D eigenvalue weighted by atomic mass is 16.6. The number of carboxylic acid groups (broad SMARTS) is 1. The first kappa shape index (κ1) is 57.8. The highest BCUT2D eigenvalue weighted by molar-refractivity contribution is 5.70. The molecule has 0 bridgehead atoms. The number of carbonyl (C=O) groups is 3. The fourth-order valence-electron chi connectivity index (χ4n) is 7.63. The van der Waals surface area contributed by atoms with Crippen LogP contribution in [0.5, 0.6) is 0 Å². The van der Waals surface area contributed by atoms with Gasteiger partial charge in [0, 0.05) is 19.3 Å². The van der Waals surface area contributed by atoms with Crippen LogP contribution in [0, 0.1) is 0 Å². The Morgan fingerprint density at radius 2 is 0.883 bits per heavy atom. The molecule has 0 radical (unpaired) electrons. The molecule has 0 saturated carbocycles. The van der Waals surface area contributed by atoms with E-state index in [-0.39, 0.29) is 42.7 Å². The summed E-state index contributed by atoms with van der Waals surface area (Å²) in [4.78, 5) is 37.0. The van der Waals surface area contributed by atoms with Gasteiger partial charge in [0.2, 0.25) is 0 Å². The van der Waals surface area contributed by atoms with Crippen molar-refractivity contribution in [3.8, 4) is 0 Å². The van der Waals surface area contributed by atoms with Crippen LogP contribution in [0.4, 0.5) is 0 Å². The number of likely N-dealkylation sites (N-methyl/N-ethyl adjacent to an activating group) is 1. The maximum Gasteiger partial charge on any atom is 0.306 e. The number of ether oxygens (including phenoxy) is 3. The third-order valence-electron chi connectivity index (χ3n) is 11.6. The molecular weight excluding hydrogens is 751 g/mol. The Balaban J connectivity index is 4.19. The van der Waals surface area contributed by atoms with Crippen molar-refractivity contribution < 1.29 is 38.2 Å². The average Bonchev–Trinajstić information content (AvgIpc) is 3.21. The first-order valence-corrected chi connectivity index (χ1v) is 25.4. The average molecular weight is 848 g/mol. The first-order chi connectivity index (χ1) is 29.1. The van der Waals surface area contributed by atoms with Gasteiger partial charge in [0.1, 0.15) is 12.6 Å². The van der Waals surface area contributed by atoms with E-state index in [0.717, 1.165) is 44.9 Å². The van der Waals surface area contributed by atoms with E-state index >= 15 is 0 Å². The van der Waals surface area contributed by atoms with Crippen molar-refractivity contribution in [1.82, 2.24) is 0 Å². The van der Waals surface area contributed by atoms with E-state index in [2.05, 4.69) is 38.2 Å². The van der Waals surface area contributed by atoms with Crippen LogP contribution in [0.1, 0.15) is 239 Å². The van der Waals surface area contributed by atoms with Crippen LogP contribution in [-0.4, -0.2) is 75.5 Å². The number of nitrogens with zero attached hydrogens (tertiary/aromatic N) is 1. The van der Waals surface area contributed by atoms with E-state index in [1.165, 1.54) is 161 Å². The maximum atomic E-state index is 12.8. The molecule has 352 valence electrons. The molecule has 0 N–H and O–H groups in total. The standard InChI is InChI=1S/C52H97NO7/c1-6-8-10-12-14-16-18-20-21-22-23-24-25-26-27-28-29-31-33-35-37-39-41-43-51(55)60-48(46-58-45-44-49(52(56)57)53(3,4)5)47-59-50(54)42-40-38-36-34-32-30-19-17-15-13-11-9-7-2/h18,20,22-23,48-49H,6-17,19,21,24-47H2,1-5H3/b20-18-,23-22-. The molecule has 0 aromatic carbocycles. The van der Waals surface area contributed by atoms with Gasteiger partial charge in [-0.15, -0.1) is 0 Å². The van der Waals surface area contributed by atoms with Gasteiger partial charge in [0.15, 0.2) is 6.10 Å². The number of esters is 2. The predicted octanol–water partition coefficient (Wildman–Crippen LogP) is 13.1. The van der Waals surface area contributed by atoms with Gasteiger partial charge in [-0.3, -0.25) is 9.59 Å². The molecule has 8 nitrogen and oxygen atoms in total. The number of hydrogen-bond donors (Lipinski definition) is 0. The van der Waals surface area contributed by atoms with Crippen molar-refractivity contribution in [2.45, 2.75) is 251 Å². The molecule has 0 fully saturated rings. The Kier molecular flexibility index (Phi) is 41.9. The molecular formula is C52H97NO7. The monoisotopic (exact) mass is 848 g/mol. The third-order valence-corrected chi connectivity index (χ3v) is 11.6. The summed E-state index contributed by atoms with van der Waals surface area (Å²) in [6, 6.07) is -0.723. The van der Waals surface area contributed by atoms with Gasteiger partial charge in [0.25, 0.3) is 0 Å². The number of carboxylic acids is 1. The fraction of sp³-hybridized carbons (Fsp3) is 0.865. The number of allylic oxidation sites excluding steroid dienone is 4. The van der Waals surface area contributed by atoms with Gasteiger partial charge >= 0.3 is 11.9 Å². The first-order valence-electron chi connectivity index (χ1n) is 25.4. The van der Waals surface area contributed by atoms with Gasteiger partial charge in [0.05, 0.1) is 40.3 Å². The number of unbranched alkanes of at least 4 members (excludes halogenated alkanes) is 28. The SMILES string of the molecule is CCCCCCC/C=C\C/C=C\CCCCCCCCCCCCCC(=O)OC(COCCC(C(=O)[O-])[N+](C)(C)C)COC(=O)CCCCCCCCCCCCCCC. The Morgan fingerprint density at radius 3 is 1.28 bits per heavy atom. The highest BCUT2D eigenvalue weighted by Crippen LogP contribution is 2.16. The molecule has 0 amide bonds. The minimum absolute atomic E-state index is 0.0446. The van der Waals surface area contributed by atoms with Crippen molar-refractivity contribution in [1.29, 1.82) is 0 Å². The van der Waals surface area contributed by atoms with Crippen LogP contribution >= 0.6 is 0 Å². The number of rotatable bonds is 46. The minimum atomic E-state index is -1.12. The zero-order chi connectivity index (χ0) is 44.2. The summed E-state index contributed by atoms with van der Waals surface area (Å²) in [5, 5.41) is 11.6. The quantitative estimate of drug-likeness (QED) is 0.0260. The van der Waals surface area contributed by atoms with Gasteiger partial charge in [-0.1, -0.05) is 199 Å². The van der Waals surface area contributed by atoms with Crippen LogP contribution < -0.4 is 5.11 Å². The predicted molar refractivity (Wildman–Crippen MR) is 250 cm³/mol. The van der Waals surface area contributed by atoms with E-state index in [0.29, 0.717) is 12.8 Å². The van der Waals surface area contributed by atoms with Crippen molar-refractivity contribution in [3.05, 3.63) is 24.3 Å². The van der Waals surface area contributed by atoms with E-state index in [9.17, 15) is 19.5 Å². The summed E-state index contributed by atoms with van der Waals surface area (Å²) in [5.74, 6) is -1.72. The number of aliphatic carboxylic acids is 1. The third kappa shape index (κ3) is 41.2. The number of carbonyl (C=O) groups excluding carboxylic acids is 3. The minimum Gasteiger partial charge on any atom is -0.544 e. The van der Waals surface area contributed by atoms with Crippen molar-refractivity contribution in [2.75, 3.05) is 41.0 Å². The molecule has 0 aromatic heterocycles. The van der Waals surface area contributed by atoms with Crippen LogP contribution in [0.15, 0.2) is 24.3 Å². The van der Waals surface area contributed by atoms with Gasteiger partial charge in [-0.05, 0) is 44.9 Å². The summed E-state index contributed by atoms with van der Waals surface area (Å²) >= 11 is 0. The van der Waals surface area contributed by atoms with Gasteiger partial charge < -0.3 is 28.6 Å². The smallest absolute Gasteiger partial charge is 0.306 e. The molecule has 60 heavy (non-hydrogen) atoms. The largest absolute Gasteiger partial charge is 0.544 e. The van der Waals surface area contributed by atoms with E-state index in [1.807, 2.05) is 0 Å². The molecule has 0 heterocycles.